The van der Waals surface area contributed by atoms with Crippen molar-refractivity contribution in [2.24, 2.45) is 0 Å². The van der Waals surface area contributed by atoms with Crippen LogP contribution in [0.15, 0.2) is 36.6 Å². The van der Waals surface area contributed by atoms with Gasteiger partial charge in [-0.1, -0.05) is 12.1 Å². The van der Waals surface area contributed by atoms with Gasteiger partial charge in [0.1, 0.15) is 11.4 Å². The van der Waals surface area contributed by atoms with Crippen molar-refractivity contribution in [1.29, 1.82) is 0 Å². The molecule has 0 atom stereocenters. The Morgan fingerprint density at radius 2 is 2.16 bits per heavy atom. The fourth-order valence-electron chi connectivity index (χ4n) is 2.10. The second-order valence-electron chi connectivity index (χ2n) is 4.98. The first-order valence-corrected chi connectivity index (χ1v) is 8.57. The Morgan fingerprint density at radius 3 is 2.80 bits per heavy atom. The first kappa shape index (κ1) is 19.0. The first-order chi connectivity index (χ1) is 12.0. The van der Waals surface area contributed by atoms with Gasteiger partial charge in [0, 0.05) is 6.54 Å². The summed E-state index contributed by atoms with van der Waals surface area (Å²) in [5, 5.41) is 2.53. The quantitative estimate of drug-likeness (QED) is 0.224. The molecule has 7 nitrogen and oxygen atoms in total. The standard InChI is InChI=1S/C17H17IN2O5/c1-3-7-20-16(22)13(19-17(20)23)9-11-5-6-14(12(18)8-11)25-10-15(21)24-4-2/h3,5-6,8-9H,1,4,7,10H2,2H3,(H,19,23)/b13-9+. The number of hydrogen-bond donors (Lipinski definition) is 1. The van der Waals surface area contributed by atoms with Crippen LogP contribution in [0.4, 0.5) is 4.79 Å². The monoisotopic (exact) mass is 456 g/mol. The van der Waals surface area contributed by atoms with Crippen LogP contribution in [0.1, 0.15) is 12.5 Å². The van der Waals surface area contributed by atoms with Crippen molar-refractivity contribution in [2.75, 3.05) is 19.8 Å². The van der Waals surface area contributed by atoms with E-state index in [1.54, 1.807) is 31.2 Å². The lowest BCUT2D eigenvalue weighted by Crippen LogP contribution is -2.30. The number of carbonyl (C=O) groups is 3. The molecule has 1 aliphatic rings. The minimum absolute atomic E-state index is 0.153. The third-order valence-corrected chi connectivity index (χ3v) is 4.03. The largest absolute Gasteiger partial charge is 0.481 e. The number of benzene rings is 1. The number of rotatable bonds is 7. The van der Waals surface area contributed by atoms with Crippen molar-refractivity contribution in [3.05, 3.63) is 45.7 Å². The van der Waals surface area contributed by atoms with Crippen LogP contribution in [0.3, 0.4) is 0 Å². The lowest BCUT2D eigenvalue weighted by Gasteiger charge is -2.08. The highest BCUT2D eigenvalue weighted by molar-refractivity contribution is 14.1. The minimum Gasteiger partial charge on any atom is -0.481 e. The number of hydrogen-bond acceptors (Lipinski definition) is 5. The molecule has 1 aromatic rings. The van der Waals surface area contributed by atoms with Crippen LogP contribution >= 0.6 is 22.6 Å². The molecule has 0 aliphatic carbocycles. The molecule has 1 aromatic carbocycles. The Balaban J connectivity index is 2.10. The molecule has 25 heavy (non-hydrogen) atoms. The zero-order valence-corrected chi connectivity index (χ0v) is 15.7. The summed E-state index contributed by atoms with van der Waals surface area (Å²) in [6, 6.07) is 4.73. The van der Waals surface area contributed by atoms with Crippen LogP contribution in [0.2, 0.25) is 0 Å². The molecule has 1 saturated heterocycles. The Kier molecular flexibility index (Phi) is 6.57. The number of carbonyl (C=O) groups excluding carboxylic acids is 3. The van der Waals surface area contributed by atoms with Gasteiger partial charge in [-0.25, -0.2) is 9.59 Å². The fourth-order valence-corrected chi connectivity index (χ4v) is 2.79. The van der Waals surface area contributed by atoms with Crippen LogP contribution in [0.25, 0.3) is 6.08 Å². The Morgan fingerprint density at radius 1 is 1.40 bits per heavy atom. The normalized spacial score (nSPS) is 15.3. The van der Waals surface area contributed by atoms with Gasteiger partial charge in [-0.3, -0.25) is 9.69 Å². The van der Waals surface area contributed by atoms with Gasteiger partial charge in [-0.2, -0.15) is 0 Å². The van der Waals surface area contributed by atoms with Crippen LogP contribution < -0.4 is 10.1 Å². The van der Waals surface area contributed by atoms with Crippen molar-refractivity contribution < 1.29 is 23.9 Å². The Bertz CT molecular complexity index is 745. The highest BCUT2D eigenvalue weighted by atomic mass is 127. The molecule has 1 fully saturated rings. The van der Waals surface area contributed by atoms with Gasteiger partial charge in [-0.15, -0.1) is 6.58 Å². The van der Waals surface area contributed by atoms with Gasteiger partial charge in [0.05, 0.1) is 10.2 Å². The number of nitrogens with one attached hydrogen (secondary N) is 1. The van der Waals surface area contributed by atoms with E-state index in [1.165, 1.54) is 6.08 Å². The van der Waals surface area contributed by atoms with E-state index < -0.39 is 17.9 Å². The molecule has 0 aromatic heterocycles. The van der Waals surface area contributed by atoms with Gasteiger partial charge in [0.15, 0.2) is 6.61 Å². The number of nitrogens with zero attached hydrogens (tertiary/aromatic N) is 1. The Labute approximate surface area is 158 Å². The molecule has 3 amide bonds. The zero-order valence-electron chi connectivity index (χ0n) is 13.6. The van der Waals surface area contributed by atoms with Crippen molar-refractivity contribution in [1.82, 2.24) is 10.2 Å². The van der Waals surface area contributed by atoms with E-state index in [-0.39, 0.29) is 18.8 Å². The highest BCUT2D eigenvalue weighted by Crippen LogP contribution is 2.24. The molecule has 0 unspecified atom stereocenters. The highest BCUT2D eigenvalue weighted by Gasteiger charge is 2.32. The number of urea groups is 1. The second-order valence-corrected chi connectivity index (χ2v) is 6.14. The molecule has 2 rings (SSSR count). The van der Waals surface area contributed by atoms with E-state index in [0.717, 1.165) is 14.0 Å². The number of ether oxygens (including phenoxy) is 2. The van der Waals surface area contributed by atoms with E-state index in [9.17, 15) is 14.4 Å². The summed E-state index contributed by atoms with van der Waals surface area (Å²) in [5.41, 5.74) is 0.917. The predicted molar refractivity (Wildman–Crippen MR) is 99.7 cm³/mol. The molecular weight excluding hydrogens is 439 g/mol. The molecule has 0 bridgehead atoms. The maximum Gasteiger partial charge on any atom is 0.344 e. The minimum atomic E-state index is -0.472. The smallest absolute Gasteiger partial charge is 0.344 e. The van der Waals surface area contributed by atoms with Gasteiger partial charge in [0.2, 0.25) is 0 Å². The van der Waals surface area contributed by atoms with E-state index in [4.69, 9.17) is 9.47 Å². The first-order valence-electron chi connectivity index (χ1n) is 7.49. The average molecular weight is 456 g/mol. The summed E-state index contributed by atoms with van der Waals surface area (Å²) >= 11 is 2.07. The summed E-state index contributed by atoms with van der Waals surface area (Å²) in [4.78, 5) is 36.3. The van der Waals surface area contributed by atoms with Gasteiger partial charge in [-0.05, 0) is 53.3 Å². The number of halogens is 1. The molecule has 0 spiro atoms. The van der Waals surface area contributed by atoms with E-state index in [2.05, 4.69) is 34.5 Å². The lowest BCUT2D eigenvalue weighted by molar-refractivity contribution is -0.145. The van der Waals surface area contributed by atoms with Crippen LogP contribution in [0, 0.1) is 3.57 Å². The Hall–Kier alpha value is -2.36. The third kappa shape index (κ3) is 4.81. The average Bonchev–Trinajstić information content (AvgIpc) is 2.82. The van der Waals surface area contributed by atoms with E-state index in [0.29, 0.717) is 12.4 Å². The number of imide groups is 1. The molecular formula is C17H17IN2O5. The van der Waals surface area contributed by atoms with Crippen molar-refractivity contribution in [2.45, 2.75) is 6.92 Å². The van der Waals surface area contributed by atoms with E-state index in [1.807, 2.05) is 0 Å². The number of esters is 1. The zero-order chi connectivity index (χ0) is 18.4. The van der Waals surface area contributed by atoms with Crippen molar-refractivity contribution in [3.8, 4) is 5.75 Å². The maximum absolute atomic E-state index is 12.1. The van der Waals surface area contributed by atoms with Crippen LogP contribution in [-0.2, 0) is 14.3 Å². The summed E-state index contributed by atoms with van der Waals surface area (Å²) in [6.45, 7) is 5.53. The van der Waals surface area contributed by atoms with Gasteiger partial charge < -0.3 is 14.8 Å². The molecule has 8 heteroatoms. The fraction of sp³-hybridized carbons (Fsp3) is 0.235. The summed E-state index contributed by atoms with van der Waals surface area (Å²) in [6.07, 6.45) is 3.07. The summed E-state index contributed by atoms with van der Waals surface area (Å²) in [7, 11) is 0. The van der Waals surface area contributed by atoms with Crippen LogP contribution in [0.5, 0.6) is 5.75 Å². The molecule has 1 aliphatic heterocycles. The van der Waals surface area contributed by atoms with Crippen LogP contribution in [-0.4, -0.2) is 42.6 Å². The molecule has 0 saturated carbocycles. The van der Waals surface area contributed by atoms with Gasteiger partial charge >= 0.3 is 12.0 Å². The van der Waals surface area contributed by atoms with E-state index >= 15 is 0 Å². The lowest BCUT2D eigenvalue weighted by atomic mass is 10.2. The van der Waals surface area contributed by atoms with Gasteiger partial charge in [0.25, 0.3) is 5.91 Å². The maximum atomic E-state index is 12.1. The topological polar surface area (TPSA) is 84.9 Å². The summed E-state index contributed by atoms with van der Waals surface area (Å²) < 4.78 is 11.0. The summed E-state index contributed by atoms with van der Waals surface area (Å²) in [5.74, 6) is -0.306. The number of amides is 3. The predicted octanol–water partition coefficient (Wildman–Crippen LogP) is 2.31. The van der Waals surface area contributed by atoms with Crippen molar-refractivity contribution in [3.63, 3.8) is 0 Å². The molecule has 1 heterocycles. The van der Waals surface area contributed by atoms with Crippen molar-refractivity contribution >= 4 is 46.6 Å². The SMILES string of the molecule is C=CCN1C(=O)N/C(=C/c2ccc(OCC(=O)OCC)c(I)c2)C1=O. The molecule has 1 N–H and O–H groups in total. The third-order valence-electron chi connectivity index (χ3n) is 3.19. The molecule has 0 radical (unpaired) electrons. The second kappa shape index (κ2) is 8.65. The molecule has 132 valence electrons.